The van der Waals surface area contributed by atoms with Crippen LogP contribution < -0.4 is 0 Å². The highest BCUT2D eigenvalue weighted by molar-refractivity contribution is 5.89. The summed E-state index contributed by atoms with van der Waals surface area (Å²) in [5.41, 5.74) is 3.00. The van der Waals surface area contributed by atoms with Gasteiger partial charge in [0.05, 0.1) is 12.8 Å². The average Bonchev–Trinajstić information content (AvgIpc) is 3.32. The molecule has 3 heterocycles. The molecule has 0 saturated carbocycles. The van der Waals surface area contributed by atoms with Crippen LogP contribution in [0.1, 0.15) is 11.3 Å². The van der Waals surface area contributed by atoms with Crippen LogP contribution in [0, 0.1) is 0 Å². The van der Waals surface area contributed by atoms with Crippen molar-refractivity contribution in [3.63, 3.8) is 0 Å². The first-order chi connectivity index (χ1) is 12.7. The molecule has 1 saturated heterocycles. The van der Waals surface area contributed by atoms with Gasteiger partial charge in [-0.2, -0.15) is 0 Å². The molecule has 6 nitrogen and oxygen atoms in total. The summed E-state index contributed by atoms with van der Waals surface area (Å²) in [6.07, 6.45) is 4.51. The lowest BCUT2D eigenvalue weighted by Crippen LogP contribution is -2.51. The number of nitrogens with zero attached hydrogens (tertiary/aromatic N) is 2. The zero-order valence-corrected chi connectivity index (χ0v) is 14.6. The summed E-state index contributed by atoms with van der Waals surface area (Å²) < 4.78 is 0. The molecule has 1 aliphatic heterocycles. The Morgan fingerprint density at radius 3 is 2.23 bits per heavy atom. The molecule has 0 spiro atoms. The molecule has 2 N–H and O–H groups in total. The number of piperazine rings is 1. The van der Waals surface area contributed by atoms with Gasteiger partial charge >= 0.3 is 0 Å². The van der Waals surface area contributed by atoms with Gasteiger partial charge in [0.1, 0.15) is 0 Å². The van der Waals surface area contributed by atoms with Crippen molar-refractivity contribution in [1.29, 1.82) is 0 Å². The second-order valence-corrected chi connectivity index (χ2v) is 6.67. The summed E-state index contributed by atoms with van der Waals surface area (Å²) in [5, 5.41) is 1.10. The quantitative estimate of drug-likeness (QED) is 0.755. The van der Waals surface area contributed by atoms with Crippen LogP contribution >= 0.6 is 0 Å². The van der Waals surface area contributed by atoms with E-state index in [0.717, 1.165) is 22.2 Å². The Kier molecular flexibility index (Phi) is 4.48. The molecule has 26 heavy (non-hydrogen) atoms. The fourth-order valence-corrected chi connectivity index (χ4v) is 3.51. The SMILES string of the molecule is O=C(Cc1ccc[nH]1)N1CCN(C(=O)Cc2c[nH]c3ccccc23)CC1. The third kappa shape index (κ3) is 3.35. The summed E-state index contributed by atoms with van der Waals surface area (Å²) in [4.78, 5) is 35.0. The maximum atomic E-state index is 12.6. The van der Waals surface area contributed by atoms with Crippen molar-refractivity contribution in [1.82, 2.24) is 19.8 Å². The molecule has 0 atom stereocenters. The molecule has 0 bridgehead atoms. The molecular formula is C20H22N4O2. The van der Waals surface area contributed by atoms with E-state index in [-0.39, 0.29) is 11.8 Å². The number of carbonyl (C=O) groups is 2. The van der Waals surface area contributed by atoms with E-state index in [2.05, 4.69) is 9.97 Å². The highest BCUT2D eigenvalue weighted by Gasteiger charge is 2.24. The van der Waals surface area contributed by atoms with Gasteiger partial charge in [-0.25, -0.2) is 0 Å². The molecule has 4 rings (SSSR count). The van der Waals surface area contributed by atoms with Gasteiger partial charge in [0.25, 0.3) is 0 Å². The van der Waals surface area contributed by atoms with E-state index in [0.29, 0.717) is 39.0 Å². The van der Waals surface area contributed by atoms with E-state index < -0.39 is 0 Å². The Labute approximate surface area is 151 Å². The van der Waals surface area contributed by atoms with Crippen LogP contribution in [0.15, 0.2) is 48.8 Å². The van der Waals surface area contributed by atoms with Gasteiger partial charge in [0.15, 0.2) is 0 Å². The van der Waals surface area contributed by atoms with Crippen LogP contribution in [0.5, 0.6) is 0 Å². The number of H-pyrrole nitrogens is 2. The molecule has 0 aliphatic carbocycles. The maximum absolute atomic E-state index is 12.6. The number of hydrogen-bond donors (Lipinski definition) is 2. The fourth-order valence-electron chi connectivity index (χ4n) is 3.51. The topological polar surface area (TPSA) is 72.2 Å². The van der Waals surface area contributed by atoms with Crippen LogP contribution in [0.2, 0.25) is 0 Å². The Balaban J connectivity index is 1.32. The van der Waals surface area contributed by atoms with Gasteiger partial charge in [0, 0.05) is 55.2 Å². The minimum atomic E-state index is 0.108. The molecule has 134 valence electrons. The molecule has 3 aromatic rings. The van der Waals surface area contributed by atoms with E-state index in [1.165, 1.54) is 0 Å². The van der Waals surface area contributed by atoms with Crippen LogP contribution in [-0.2, 0) is 22.4 Å². The van der Waals surface area contributed by atoms with Crippen molar-refractivity contribution >= 4 is 22.7 Å². The van der Waals surface area contributed by atoms with Gasteiger partial charge in [-0.3, -0.25) is 9.59 Å². The molecular weight excluding hydrogens is 328 g/mol. The minimum absolute atomic E-state index is 0.108. The van der Waals surface area contributed by atoms with Crippen molar-refractivity contribution in [3.8, 4) is 0 Å². The maximum Gasteiger partial charge on any atom is 0.228 e. The zero-order valence-electron chi connectivity index (χ0n) is 14.6. The van der Waals surface area contributed by atoms with Gasteiger partial charge in [-0.1, -0.05) is 18.2 Å². The summed E-state index contributed by atoms with van der Waals surface area (Å²) in [7, 11) is 0. The minimum Gasteiger partial charge on any atom is -0.365 e. The first kappa shape index (κ1) is 16.4. The lowest BCUT2D eigenvalue weighted by atomic mass is 10.1. The number of amides is 2. The summed E-state index contributed by atoms with van der Waals surface area (Å²) >= 11 is 0. The lowest BCUT2D eigenvalue weighted by molar-refractivity contribution is -0.138. The Morgan fingerprint density at radius 2 is 1.54 bits per heavy atom. The second kappa shape index (κ2) is 7.07. The van der Waals surface area contributed by atoms with Crippen molar-refractivity contribution in [2.45, 2.75) is 12.8 Å². The number of benzene rings is 1. The number of nitrogens with one attached hydrogen (secondary N) is 2. The number of carbonyl (C=O) groups excluding carboxylic acids is 2. The largest absolute Gasteiger partial charge is 0.365 e. The van der Waals surface area contributed by atoms with Gasteiger partial charge in [0.2, 0.25) is 11.8 Å². The highest BCUT2D eigenvalue weighted by atomic mass is 16.2. The number of aromatic amines is 2. The number of fused-ring (bicyclic) bond motifs is 1. The Bertz CT molecular complexity index is 905. The number of aromatic nitrogens is 2. The molecule has 0 unspecified atom stereocenters. The van der Waals surface area contributed by atoms with Crippen molar-refractivity contribution in [2.75, 3.05) is 26.2 Å². The summed E-state index contributed by atoms with van der Waals surface area (Å²) in [6.45, 7) is 2.38. The predicted molar refractivity (Wildman–Crippen MR) is 99.7 cm³/mol. The zero-order chi connectivity index (χ0) is 17.9. The molecule has 6 heteroatoms. The van der Waals surface area contributed by atoms with E-state index >= 15 is 0 Å². The molecule has 1 fully saturated rings. The molecule has 1 aromatic carbocycles. The average molecular weight is 350 g/mol. The van der Waals surface area contributed by atoms with Gasteiger partial charge in [-0.05, 0) is 23.8 Å². The molecule has 1 aliphatic rings. The normalized spacial score (nSPS) is 14.8. The number of rotatable bonds is 4. The first-order valence-electron chi connectivity index (χ1n) is 8.93. The molecule has 2 amide bonds. The molecule has 0 radical (unpaired) electrons. The van der Waals surface area contributed by atoms with Crippen molar-refractivity contribution in [3.05, 3.63) is 60.0 Å². The van der Waals surface area contributed by atoms with Gasteiger partial charge < -0.3 is 19.8 Å². The Morgan fingerprint density at radius 1 is 0.846 bits per heavy atom. The fraction of sp³-hybridized carbons (Fsp3) is 0.300. The van der Waals surface area contributed by atoms with Gasteiger partial charge in [-0.15, -0.1) is 0 Å². The summed E-state index contributed by atoms with van der Waals surface area (Å²) in [6, 6.07) is 11.8. The third-order valence-electron chi connectivity index (χ3n) is 5.01. The first-order valence-corrected chi connectivity index (χ1v) is 8.93. The van der Waals surface area contributed by atoms with Crippen LogP contribution in [0.4, 0.5) is 0 Å². The van der Waals surface area contributed by atoms with E-state index in [1.54, 1.807) is 0 Å². The Hall–Kier alpha value is -3.02. The number of para-hydroxylation sites is 1. The predicted octanol–water partition coefficient (Wildman–Crippen LogP) is 1.95. The number of hydrogen-bond acceptors (Lipinski definition) is 2. The lowest BCUT2D eigenvalue weighted by Gasteiger charge is -2.34. The molecule has 2 aromatic heterocycles. The van der Waals surface area contributed by atoms with E-state index in [1.807, 2.05) is 58.6 Å². The summed E-state index contributed by atoms with van der Waals surface area (Å²) in [5.74, 6) is 0.224. The monoisotopic (exact) mass is 350 g/mol. The standard InChI is InChI=1S/C20H22N4O2/c25-19(12-15-14-22-18-6-2-1-5-17(15)18)23-8-10-24(11-9-23)20(26)13-16-4-3-7-21-16/h1-7,14,21-22H,8-13H2. The van der Waals surface area contributed by atoms with Crippen molar-refractivity contribution in [2.24, 2.45) is 0 Å². The highest BCUT2D eigenvalue weighted by Crippen LogP contribution is 2.19. The van der Waals surface area contributed by atoms with Crippen LogP contribution in [0.25, 0.3) is 10.9 Å². The third-order valence-corrected chi connectivity index (χ3v) is 5.01. The van der Waals surface area contributed by atoms with E-state index in [4.69, 9.17) is 0 Å². The van der Waals surface area contributed by atoms with Crippen LogP contribution in [-0.4, -0.2) is 57.8 Å². The van der Waals surface area contributed by atoms with Crippen LogP contribution in [0.3, 0.4) is 0 Å². The smallest absolute Gasteiger partial charge is 0.228 e. The van der Waals surface area contributed by atoms with E-state index in [9.17, 15) is 9.59 Å². The second-order valence-electron chi connectivity index (χ2n) is 6.67. The van der Waals surface area contributed by atoms with Crippen molar-refractivity contribution < 1.29 is 9.59 Å².